The lowest BCUT2D eigenvalue weighted by Crippen LogP contribution is -2.57. The highest BCUT2D eigenvalue weighted by Gasteiger charge is 2.44. The molecule has 0 fully saturated rings. The minimum Gasteiger partial charge on any atom is -0.486 e. The number of hydrogen-bond donors (Lipinski definition) is 4. The summed E-state index contributed by atoms with van der Waals surface area (Å²) in [4.78, 5) is 76.5. The molecule has 2 aliphatic heterocycles. The highest BCUT2D eigenvalue weighted by molar-refractivity contribution is 8.37. The Morgan fingerprint density at radius 2 is 1.59 bits per heavy atom. The van der Waals surface area contributed by atoms with E-state index >= 15 is 0 Å². The molecular formula is C56H71N5O10PS+. The summed E-state index contributed by atoms with van der Waals surface area (Å²) in [5, 5.41) is 10.3. The van der Waals surface area contributed by atoms with Gasteiger partial charge in [0.25, 0.3) is 0 Å². The number of fused-ring (bicyclic) bond motifs is 2. The molecule has 3 aromatic rings. The minimum absolute atomic E-state index is 0.0933. The van der Waals surface area contributed by atoms with Crippen LogP contribution in [0, 0.1) is 18.3 Å². The average Bonchev–Trinajstić information content (AvgIpc) is 3.54. The number of para-hydroxylation sites is 1. The van der Waals surface area contributed by atoms with E-state index in [2.05, 4.69) is 84.7 Å². The Bertz CT molecular complexity index is 2830. The second kappa shape index (κ2) is 25.4. The Hall–Kier alpha value is -6.51. The van der Waals surface area contributed by atoms with Gasteiger partial charge in [0, 0.05) is 42.5 Å². The van der Waals surface area contributed by atoms with Crippen molar-refractivity contribution in [2.75, 3.05) is 19.7 Å². The molecule has 4 amide bonds. The van der Waals surface area contributed by atoms with Crippen LogP contribution in [0.2, 0.25) is 0 Å². The Kier molecular flexibility index (Phi) is 20.0. The molecule has 3 aromatic carbocycles. The largest absolute Gasteiger partial charge is 0.486 e. The van der Waals surface area contributed by atoms with Gasteiger partial charge in [-0.05, 0) is 114 Å². The molecule has 2 aliphatic rings. The summed E-state index contributed by atoms with van der Waals surface area (Å²) in [6, 6.07) is 16.7. The number of nitrogens with zero attached hydrogens (tertiary/aromatic N) is 1. The number of Topliss-reactive ketones (excluding diaryl/α,β-unsaturated/α-hetero) is 1. The van der Waals surface area contributed by atoms with Crippen LogP contribution in [0.5, 0.6) is 11.5 Å². The van der Waals surface area contributed by atoms with Crippen molar-refractivity contribution in [3.05, 3.63) is 126 Å². The number of allylic oxidation sites excluding steroid dienone is 7. The van der Waals surface area contributed by atoms with Crippen molar-refractivity contribution >= 4 is 70.6 Å². The number of rotatable bonds is 24. The summed E-state index contributed by atoms with van der Waals surface area (Å²) in [6.45, 7) is 17.5. The third kappa shape index (κ3) is 16.0. The molecule has 0 radical (unpaired) electrons. The summed E-state index contributed by atoms with van der Waals surface area (Å²) in [5.41, 5.74) is 5.56. The lowest BCUT2D eigenvalue weighted by Gasteiger charge is -2.29. The molecule has 0 saturated heterocycles. The molecule has 4 atom stereocenters. The Morgan fingerprint density at radius 1 is 0.863 bits per heavy atom. The van der Waals surface area contributed by atoms with Gasteiger partial charge in [0.05, 0.1) is 22.9 Å². The zero-order chi connectivity index (χ0) is 53.7. The molecule has 0 spiro atoms. The highest BCUT2D eigenvalue weighted by Crippen LogP contribution is 2.44. The van der Waals surface area contributed by atoms with E-state index in [0.29, 0.717) is 37.8 Å². The zero-order valence-electron chi connectivity index (χ0n) is 43.4. The maximum atomic E-state index is 13.3. The van der Waals surface area contributed by atoms with Gasteiger partial charge in [-0.2, -0.15) is 4.58 Å². The lowest BCUT2D eigenvalue weighted by atomic mass is 9.80. The summed E-state index contributed by atoms with van der Waals surface area (Å²) in [5.74, 6) is -1.20. The van der Waals surface area contributed by atoms with E-state index in [0.717, 1.165) is 39.6 Å². The van der Waals surface area contributed by atoms with Crippen LogP contribution in [0.25, 0.3) is 5.57 Å². The van der Waals surface area contributed by atoms with Gasteiger partial charge in [0.2, 0.25) is 29.3 Å². The van der Waals surface area contributed by atoms with Gasteiger partial charge in [-0.15, -0.1) is 0 Å². The molecule has 0 aromatic heterocycles. The number of hydrogen-bond acceptors (Lipinski definition) is 10. The molecule has 390 valence electrons. The topological polar surface area (TPSA) is 206 Å². The van der Waals surface area contributed by atoms with Crippen molar-refractivity contribution in [3.63, 3.8) is 0 Å². The predicted octanol–water partition coefficient (Wildman–Crippen LogP) is 7.50. The number of aldehydes is 1. The monoisotopic (exact) mass is 1040 g/mol. The molecule has 4 N–H and O–H groups in total. The average molecular weight is 1040 g/mol. The number of nitrogens with one attached hydrogen (secondary N) is 4. The highest BCUT2D eigenvalue weighted by atomic mass is 32.7. The fraction of sp³-hybridized carbons (Fsp3) is 0.411. The quantitative estimate of drug-likeness (QED) is 0.0229. The summed E-state index contributed by atoms with van der Waals surface area (Å²) in [6.07, 6.45) is 14.2. The first kappa shape index (κ1) is 57.4. The van der Waals surface area contributed by atoms with E-state index in [1.54, 1.807) is 56.3 Å². The summed E-state index contributed by atoms with van der Waals surface area (Å²) < 4.78 is 39.1. The molecular weight excluding hydrogens is 966 g/mol. The van der Waals surface area contributed by atoms with Crippen molar-refractivity contribution < 1.29 is 51.2 Å². The van der Waals surface area contributed by atoms with Crippen LogP contribution in [-0.4, -0.2) is 92.2 Å². The van der Waals surface area contributed by atoms with Crippen molar-refractivity contribution in [2.24, 2.45) is 11.3 Å². The molecule has 5 rings (SSSR count). The van der Waals surface area contributed by atoms with Gasteiger partial charge in [0.15, 0.2) is 21.0 Å². The summed E-state index contributed by atoms with van der Waals surface area (Å²) >= 11 is 0. The van der Waals surface area contributed by atoms with Gasteiger partial charge >= 0.3 is 0 Å². The normalized spacial score (nSPS) is 16.0. The van der Waals surface area contributed by atoms with Crippen LogP contribution in [0.15, 0.2) is 114 Å². The number of ether oxygens (including phenoxy) is 2. The van der Waals surface area contributed by atoms with Crippen molar-refractivity contribution in [2.45, 2.75) is 123 Å². The number of carbonyl (C=O) groups is 6. The third-order valence-electron chi connectivity index (χ3n) is 12.6. The van der Waals surface area contributed by atoms with E-state index in [9.17, 15) is 37.2 Å². The molecule has 0 aliphatic carbocycles. The fourth-order valence-electron chi connectivity index (χ4n) is 8.51. The van der Waals surface area contributed by atoms with Crippen molar-refractivity contribution in [1.82, 2.24) is 21.3 Å². The van der Waals surface area contributed by atoms with Crippen LogP contribution in [-0.2, 0) is 43.6 Å². The van der Waals surface area contributed by atoms with E-state index in [1.807, 2.05) is 51.8 Å². The van der Waals surface area contributed by atoms with Gasteiger partial charge in [-0.3, -0.25) is 24.0 Å². The molecule has 73 heavy (non-hydrogen) atoms. The standard InChI is InChI=1S/C56H70N5O10PS/c1-36(2)52(54(67)58-38(4)53(66)59-45(28-30-62)47(63)35-70-39-19-13-10-14-20-39)60-51(65)34-57-50(64)23-17-12-18-29-61-46-27-25-41(73(68,69)72)33-44(46)56(8,9)49(61)22-16-11-15-21-40-32-43(55(5,6)7)42-26-24-37(3)31-48(42)71-40/h10-11,13-16,19-22,24-27,30-33,36,38,45,52H,12,17-18,23,28-29,34-35,72H2,1-9H3,(H3-,57,58,59,60,64,65,66,67)/p+1/b15-11+,22-16+,40-21+. The molecule has 2 heterocycles. The number of aryl methyl sites for hydroxylation is 1. The van der Waals surface area contributed by atoms with Crippen molar-refractivity contribution in [1.29, 1.82) is 0 Å². The van der Waals surface area contributed by atoms with Gasteiger partial charge in [-0.25, -0.2) is 8.42 Å². The molecule has 15 nitrogen and oxygen atoms in total. The predicted molar refractivity (Wildman–Crippen MR) is 287 cm³/mol. The number of ketones is 1. The Balaban J connectivity index is 1.14. The van der Waals surface area contributed by atoms with Gasteiger partial charge in [0.1, 0.15) is 48.8 Å². The number of amides is 4. The number of benzene rings is 3. The minimum atomic E-state index is -3.54. The Morgan fingerprint density at radius 3 is 2.26 bits per heavy atom. The fourth-order valence-corrected chi connectivity index (χ4v) is 9.49. The second-order valence-electron chi connectivity index (χ2n) is 20.2. The first-order chi connectivity index (χ1) is 34.4. The second-order valence-corrected chi connectivity index (χ2v) is 23.7. The number of carbonyl (C=O) groups excluding carboxylic acids is 6. The third-order valence-corrected chi connectivity index (χ3v) is 14.3. The maximum Gasteiger partial charge on any atom is 0.243 e. The van der Waals surface area contributed by atoms with Gasteiger partial charge in [-0.1, -0.05) is 83.2 Å². The molecule has 17 heteroatoms. The first-order valence-electron chi connectivity index (χ1n) is 24.6. The van der Waals surface area contributed by atoms with E-state index in [1.165, 1.54) is 12.5 Å². The van der Waals surface area contributed by atoms with E-state index in [-0.39, 0.29) is 42.2 Å². The van der Waals surface area contributed by atoms with Crippen LogP contribution >= 0.6 is 8.44 Å². The first-order valence-corrected chi connectivity index (χ1v) is 27.6. The number of unbranched alkanes of at least 4 members (excludes halogenated alkanes) is 2. The van der Waals surface area contributed by atoms with E-state index in [4.69, 9.17) is 9.47 Å². The molecule has 4 unspecified atom stereocenters. The zero-order valence-corrected chi connectivity index (χ0v) is 45.3. The van der Waals surface area contributed by atoms with Crippen LogP contribution in [0.1, 0.15) is 104 Å². The SMILES string of the molecule is Cc1ccc2c(c1)O/C(=C/C=C/C=C/C1=[N+](CCCCCC(=O)NCC(=O)NC(C(=O)NC(C)C(=O)NC(CC=O)C(=O)COc3ccccc3)C(C)C)c3ccc(S(=O)(=O)P)cc3C1(C)C)C=C2C(C)(C)C. The molecule has 0 saturated carbocycles. The van der Waals surface area contributed by atoms with Crippen LogP contribution < -0.4 is 30.7 Å². The van der Waals surface area contributed by atoms with E-state index < -0.39 is 62.4 Å². The lowest BCUT2D eigenvalue weighted by molar-refractivity contribution is -0.438. The van der Waals surface area contributed by atoms with Crippen LogP contribution in [0.3, 0.4) is 0 Å². The van der Waals surface area contributed by atoms with Crippen molar-refractivity contribution in [3.8, 4) is 11.5 Å². The maximum absolute atomic E-state index is 13.3. The smallest absolute Gasteiger partial charge is 0.243 e. The van der Waals surface area contributed by atoms with Gasteiger partial charge < -0.3 is 35.5 Å². The Labute approximate surface area is 432 Å². The van der Waals surface area contributed by atoms with Crippen LogP contribution in [0.4, 0.5) is 5.69 Å². The molecule has 0 bridgehead atoms. The summed E-state index contributed by atoms with van der Waals surface area (Å²) in [7, 11) is -1.61.